The van der Waals surface area contributed by atoms with Gasteiger partial charge in [0.2, 0.25) is 0 Å². The van der Waals surface area contributed by atoms with Gasteiger partial charge < -0.3 is 4.74 Å². The minimum Gasteiger partial charge on any atom is -0.375 e. The maximum atomic E-state index is 13.4. The molecule has 1 unspecified atom stereocenters. The van der Waals surface area contributed by atoms with Gasteiger partial charge in [-0.1, -0.05) is 42.5 Å². The number of hydrogen-bond acceptors (Lipinski definition) is 3. The number of benzene rings is 2. The number of halogens is 1. The van der Waals surface area contributed by atoms with Crippen molar-refractivity contribution < 1.29 is 9.13 Å². The van der Waals surface area contributed by atoms with Crippen molar-refractivity contribution >= 4 is 0 Å². The molecule has 1 aliphatic heterocycles. The van der Waals surface area contributed by atoms with Crippen molar-refractivity contribution in [2.24, 2.45) is 0 Å². The number of morpholine rings is 1. The fourth-order valence-electron chi connectivity index (χ4n) is 3.50. The highest BCUT2D eigenvalue weighted by Crippen LogP contribution is 2.23. The van der Waals surface area contributed by atoms with Crippen LogP contribution in [0.15, 0.2) is 60.8 Å². The van der Waals surface area contributed by atoms with E-state index in [2.05, 4.69) is 27.2 Å². The number of hydrogen-bond donors (Lipinski definition) is 1. The highest BCUT2D eigenvalue weighted by molar-refractivity contribution is 5.62. The van der Waals surface area contributed by atoms with Crippen LogP contribution in [-0.2, 0) is 17.7 Å². The SMILES string of the molecule is Fc1cccc(CC2CN(Cc3cn[nH]c3-c3ccccc3)CCO2)c1. The number of rotatable bonds is 5. The van der Waals surface area contributed by atoms with E-state index in [1.807, 2.05) is 30.5 Å². The smallest absolute Gasteiger partial charge is 0.123 e. The average molecular weight is 351 g/mol. The molecule has 4 nitrogen and oxygen atoms in total. The largest absolute Gasteiger partial charge is 0.375 e. The first-order valence-corrected chi connectivity index (χ1v) is 8.94. The van der Waals surface area contributed by atoms with Gasteiger partial charge in [0.05, 0.1) is 24.6 Å². The van der Waals surface area contributed by atoms with Crippen LogP contribution in [-0.4, -0.2) is 40.9 Å². The van der Waals surface area contributed by atoms with E-state index in [1.54, 1.807) is 12.1 Å². The number of aromatic amines is 1. The third-order valence-corrected chi connectivity index (χ3v) is 4.75. The first-order valence-electron chi connectivity index (χ1n) is 8.94. The quantitative estimate of drug-likeness (QED) is 0.763. The molecule has 0 amide bonds. The van der Waals surface area contributed by atoms with E-state index in [0.717, 1.165) is 42.9 Å². The van der Waals surface area contributed by atoms with E-state index in [0.29, 0.717) is 6.61 Å². The molecule has 3 aromatic rings. The lowest BCUT2D eigenvalue weighted by Crippen LogP contribution is -2.42. The fraction of sp³-hybridized carbons (Fsp3) is 0.286. The Labute approximate surface area is 152 Å². The van der Waals surface area contributed by atoms with Crippen molar-refractivity contribution in [3.8, 4) is 11.3 Å². The molecule has 26 heavy (non-hydrogen) atoms. The Morgan fingerprint density at radius 3 is 2.88 bits per heavy atom. The normalized spacial score (nSPS) is 18.1. The zero-order chi connectivity index (χ0) is 17.8. The van der Waals surface area contributed by atoms with Crippen molar-refractivity contribution in [2.45, 2.75) is 19.1 Å². The van der Waals surface area contributed by atoms with Gasteiger partial charge in [-0.05, 0) is 29.7 Å². The topological polar surface area (TPSA) is 41.2 Å². The Hall–Kier alpha value is -2.50. The molecule has 1 atom stereocenters. The van der Waals surface area contributed by atoms with Crippen molar-refractivity contribution in [3.05, 3.63) is 77.7 Å². The summed E-state index contributed by atoms with van der Waals surface area (Å²) < 4.78 is 19.3. The molecule has 0 bridgehead atoms. The number of ether oxygens (including phenoxy) is 1. The summed E-state index contributed by atoms with van der Waals surface area (Å²) in [5.41, 5.74) is 4.37. The molecule has 0 spiro atoms. The summed E-state index contributed by atoms with van der Waals surface area (Å²) >= 11 is 0. The van der Waals surface area contributed by atoms with Crippen LogP contribution in [0, 0.1) is 5.82 Å². The predicted molar refractivity (Wildman–Crippen MR) is 99.1 cm³/mol. The molecule has 0 aliphatic carbocycles. The Morgan fingerprint density at radius 2 is 2.04 bits per heavy atom. The Bertz CT molecular complexity index is 849. The Balaban J connectivity index is 1.42. The van der Waals surface area contributed by atoms with E-state index in [1.165, 1.54) is 11.6 Å². The van der Waals surface area contributed by atoms with Crippen molar-refractivity contribution in [1.29, 1.82) is 0 Å². The van der Waals surface area contributed by atoms with Crippen LogP contribution in [0.2, 0.25) is 0 Å². The molecule has 134 valence electrons. The summed E-state index contributed by atoms with van der Waals surface area (Å²) in [6.45, 7) is 3.23. The first kappa shape index (κ1) is 16.9. The molecule has 1 saturated heterocycles. The zero-order valence-corrected chi connectivity index (χ0v) is 14.6. The lowest BCUT2D eigenvalue weighted by atomic mass is 10.1. The van der Waals surface area contributed by atoms with E-state index >= 15 is 0 Å². The minimum absolute atomic E-state index is 0.0811. The maximum Gasteiger partial charge on any atom is 0.123 e. The maximum absolute atomic E-state index is 13.4. The molecule has 5 heteroatoms. The van der Waals surface area contributed by atoms with Gasteiger partial charge in [-0.2, -0.15) is 5.10 Å². The van der Waals surface area contributed by atoms with Gasteiger partial charge >= 0.3 is 0 Å². The molecule has 1 aromatic heterocycles. The van der Waals surface area contributed by atoms with E-state index < -0.39 is 0 Å². The minimum atomic E-state index is -0.193. The Morgan fingerprint density at radius 1 is 1.15 bits per heavy atom. The molecular weight excluding hydrogens is 329 g/mol. The summed E-state index contributed by atoms with van der Waals surface area (Å²) in [6.07, 6.45) is 2.71. The lowest BCUT2D eigenvalue weighted by molar-refractivity contribution is -0.0304. The van der Waals surface area contributed by atoms with E-state index in [-0.39, 0.29) is 11.9 Å². The molecule has 1 aliphatic rings. The monoisotopic (exact) mass is 351 g/mol. The van der Waals surface area contributed by atoms with Crippen LogP contribution in [0.1, 0.15) is 11.1 Å². The molecule has 1 fully saturated rings. The molecule has 0 saturated carbocycles. The highest BCUT2D eigenvalue weighted by Gasteiger charge is 2.22. The van der Waals surface area contributed by atoms with Gasteiger partial charge in [-0.15, -0.1) is 0 Å². The second kappa shape index (κ2) is 7.81. The standard InChI is InChI=1S/C21H22FN3O/c22-19-8-4-5-16(11-19)12-20-15-25(9-10-26-20)14-18-13-23-24-21(18)17-6-2-1-3-7-17/h1-8,11,13,20H,9-10,12,14-15H2,(H,23,24). The number of H-pyrrole nitrogens is 1. The van der Waals surface area contributed by atoms with Gasteiger partial charge in [0.25, 0.3) is 0 Å². The van der Waals surface area contributed by atoms with Crippen LogP contribution < -0.4 is 0 Å². The van der Waals surface area contributed by atoms with Gasteiger partial charge in [0, 0.05) is 25.2 Å². The lowest BCUT2D eigenvalue weighted by Gasteiger charge is -2.33. The fourth-order valence-corrected chi connectivity index (χ4v) is 3.50. The number of nitrogens with zero attached hydrogens (tertiary/aromatic N) is 2. The van der Waals surface area contributed by atoms with Crippen LogP contribution in [0.4, 0.5) is 4.39 Å². The van der Waals surface area contributed by atoms with Crippen LogP contribution in [0.5, 0.6) is 0 Å². The van der Waals surface area contributed by atoms with Crippen molar-refractivity contribution in [2.75, 3.05) is 19.7 Å². The first-order chi connectivity index (χ1) is 12.8. The predicted octanol–water partition coefficient (Wildman–Crippen LogP) is 3.66. The van der Waals surface area contributed by atoms with Crippen LogP contribution in [0.25, 0.3) is 11.3 Å². The molecule has 2 heterocycles. The third-order valence-electron chi connectivity index (χ3n) is 4.75. The number of aromatic nitrogens is 2. The average Bonchev–Trinajstić information content (AvgIpc) is 3.11. The number of nitrogens with one attached hydrogen (secondary N) is 1. The summed E-state index contributed by atoms with van der Waals surface area (Å²) in [7, 11) is 0. The Kier molecular flexibility index (Phi) is 5.09. The molecular formula is C21H22FN3O. The summed E-state index contributed by atoms with van der Waals surface area (Å²) in [5.74, 6) is -0.193. The van der Waals surface area contributed by atoms with Crippen molar-refractivity contribution in [1.82, 2.24) is 15.1 Å². The van der Waals surface area contributed by atoms with E-state index in [9.17, 15) is 4.39 Å². The highest BCUT2D eigenvalue weighted by atomic mass is 19.1. The second-order valence-electron chi connectivity index (χ2n) is 6.70. The van der Waals surface area contributed by atoms with Gasteiger partial charge in [-0.25, -0.2) is 4.39 Å². The molecule has 0 radical (unpaired) electrons. The van der Waals surface area contributed by atoms with Gasteiger partial charge in [0.15, 0.2) is 0 Å². The molecule has 4 rings (SSSR count). The van der Waals surface area contributed by atoms with E-state index in [4.69, 9.17) is 4.74 Å². The summed E-state index contributed by atoms with van der Waals surface area (Å²) in [4.78, 5) is 2.38. The molecule has 1 N–H and O–H groups in total. The van der Waals surface area contributed by atoms with Crippen LogP contribution >= 0.6 is 0 Å². The van der Waals surface area contributed by atoms with Gasteiger partial charge in [0.1, 0.15) is 5.82 Å². The zero-order valence-electron chi connectivity index (χ0n) is 14.6. The summed E-state index contributed by atoms with van der Waals surface area (Å²) in [6, 6.07) is 17.0. The van der Waals surface area contributed by atoms with Crippen LogP contribution in [0.3, 0.4) is 0 Å². The molecule has 2 aromatic carbocycles. The summed E-state index contributed by atoms with van der Waals surface area (Å²) in [5, 5.41) is 7.36. The second-order valence-corrected chi connectivity index (χ2v) is 6.70. The van der Waals surface area contributed by atoms with Gasteiger partial charge in [-0.3, -0.25) is 10.00 Å². The third kappa shape index (κ3) is 4.00. The van der Waals surface area contributed by atoms with Crippen molar-refractivity contribution in [3.63, 3.8) is 0 Å².